The minimum Gasteiger partial charge on any atom is -0.484 e. The number of nitrogens with zero attached hydrogens (tertiary/aromatic N) is 1. The number of carbonyl (C=O) groups excluding carboxylic acids is 2. The van der Waals surface area contributed by atoms with Crippen LogP contribution >= 0.6 is 0 Å². The molecule has 3 rings (SSSR count). The van der Waals surface area contributed by atoms with Gasteiger partial charge < -0.3 is 13.9 Å². The van der Waals surface area contributed by atoms with Crippen LogP contribution in [0.15, 0.2) is 82.5 Å². The Bertz CT molecular complexity index is 1120. The SMILES string of the molecule is CC(C)(C)c1ccc(OCC(=O)NN=Cc2cccc(OC(=O)C=Cc3ccco3)c2)cc1. The third-order valence-electron chi connectivity index (χ3n) is 4.50. The van der Waals surface area contributed by atoms with Crippen molar-refractivity contribution < 1.29 is 23.5 Å². The Balaban J connectivity index is 1.45. The van der Waals surface area contributed by atoms with Crippen molar-refractivity contribution in [2.24, 2.45) is 5.10 Å². The molecule has 1 aromatic heterocycles. The maximum Gasteiger partial charge on any atom is 0.336 e. The van der Waals surface area contributed by atoms with Crippen LogP contribution in [0.4, 0.5) is 0 Å². The van der Waals surface area contributed by atoms with E-state index in [1.165, 1.54) is 30.2 Å². The monoisotopic (exact) mass is 446 g/mol. The van der Waals surface area contributed by atoms with Gasteiger partial charge in [0.2, 0.25) is 0 Å². The molecule has 7 nitrogen and oxygen atoms in total. The second-order valence-corrected chi connectivity index (χ2v) is 8.20. The number of carbonyl (C=O) groups is 2. The van der Waals surface area contributed by atoms with Crippen molar-refractivity contribution >= 4 is 24.2 Å². The van der Waals surface area contributed by atoms with Crippen molar-refractivity contribution in [3.63, 3.8) is 0 Å². The molecular formula is C26H26N2O5. The first kappa shape index (κ1) is 23.5. The Morgan fingerprint density at radius 3 is 2.52 bits per heavy atom. The summed E-state index contributed by atoms with van der Waals surface area (Å²) >= 11 is 0. The van der Waals surface area contributed by atoms with Crippen LogP contribution in [0, 0.1) is 0 Å². The predicted molar refractivity (Wildman–Crippen MR) is 126 cm³/mol. The molecule has 0 spiro atoms. The zero-order valence-corrected chi connectivity index (χ0v) is 18.8. The van der Waals surface area contributed by atoms with Crippen molar-refractivity contribution in [1.82, 2.24) is 5.43 Å². The maximum atomic E-state index is 12.0. The highest BCUT2D eigenvalue weighted by Crippen LogP contribution is 2.24. The number of hydrogen-bond acceptors (Lipinski definition) is 6. The molecule has 0 aliphatic heterocycles. The van der Waals surface area contributed by atoms with Crippen LogP contribution in [0.1, 0.15) is 37.7 Å². The number of hydrogen-bond donors (Lipinski definition) is 1. The molecule has 0 radical (unpaired) electrons. The summed E-state index contributed by atoms with van der Waals surface area (Å²) in [6.07, 6.45) is 5.76. The van der Waals surface area contributed by atoms with Crippen LogP contribution in [-0.4, -0.2) is 24.7 Å². The van der Waals surface area contributed by atoms with Gasteiger partial charge in [-0.1, -0.05) is 45.0 Å². The predicted octanol–water partition coefficient (Wildman–Crippen LogP) is 4.73. The van der Waals surface area contributed by atoms with Crippen molar-refractivity contribution in [1.29, 1.82) is 0 Å². The van der Waals surface area contributed by atoms with Gasteiger partial charge >= 0.3 is 5.97 Å². The van der Waals surface area contributed by atoms with E-state index in [-0.39, 0.29) is 12.0 Å². The average Bonchev–Trinajstić information content (AvgIpc) is 3.30. The molecule has 0 bridgehead atoms. The van der Waals surface area contributed by atoms with Gasteiger partial charge in [-0.2, -0.15) is 5.10 Å². The summed E-state index contributed by atoms with van der Waals surface area (Å²) in [6.45, 7) is 6.24. The maximum absolute atomic E-state index is 12.0. The largest absolute Gasteiger partial charge is 0.484 e. The molecule has 0 saturated carbocycles. The van der Waals surface area contributed by atoms with Crippen LogP contribution in [0.3, 0.4) is 0 Å². The van der Waals surface area contributed by atoms with Crippen LogP contribution in [0.5, 0.6) is 11.5 Å². The van der Waals surface area contributed by atoms with Gasteiger partial charge in [0.25, 0.3) is 5.91 Å². The van der Waals surface area contributed by atoms with Gasteiger partial charge in [-0.25, -0.2) is 10.2 Å². The van der Waals surface area contributed by atoms with Crippen LogP contribution in [0.2, 0.25) is 0 Å². The first-order chi connectivity index (χ1) is 15.8. The second-order valence-electron chi connectivity index (χ2n) is 8.20. The van der Waals surface area contributed by atoms with E-state index in [1.807, 2.05) is 24.3 Å². The molecule has 7 heteroatoms. The van der Waals surface area contributed by atoms with Crippen molar-refractivity contribution in [3.8, 4) is 11.5 Å². The lowest BCUT2D eigenvalue weighted by molar-refractivity contribution is -0.129. The van der Waals surface area contributed by atoms with E-state index in [0.29, 0.717) is 22.8 Å². The van der Waals surface area contributed by atoms with Crippen LogP contribution in [0.25, 0.3) is 6.08 Å². The molecule has 0 fully saturated rings. The lowest BCUT2D eigenvalue weighted by Gasteiger charge is -2.19. The number of nitrogens with one attached hydrogen (secondary N) is 1. The zero-order valence-electron chi connectivity index (χ0n) is 18.8. The van der Waals surface area contributed by atoms with E-state index in [4.69, 9.17) is 13.9 Å². The highest BCUT2D eigenvalue weighted by Gasteiger charge is 2.13. The lowest BCUT2D eigenvalue weighted by atomic mass is 9.87. The normalized spacial score (nSPS) is 11.6. The Kier molecular flexibility index (Phi) is 7.81. The van der Waals surface area contributed by atoms with Gasteiger partial charge in [0.1, 0.15) is 17.3 Å². The van der Waals surface area contributed by atoms with Crippen molar-refractivity contribution in [2.75, 3.05) is 6.61 Å². The highest BCUT2D eigenvalue weighted by molar-refractivity contribution is 5.89. The Hall–Kier alpha value is -4.13. The summed E-state index contributed by atoms with van der Waals surface area (Å²) in [5.74, 6) is 0.576. The number of rotatable bonds is 8. The Morgan fingerprint density at radius 2 is 1.82 bits per heavy atom. The fourth-order valence-corrected chi connectivity index (χ4v) is 2.76. The summed E-state index contributed by atoms with van der Waals surface area (Å²) in [4.78, 5) is 23.9. The van der Waals surface area contributed by atoms with Gasteiger partial charge in [0.05, 0.1) is 12.5 Å². The fourth-order valence-electron chi connectivity index (χ4n) is 2.76. The van der Waals surface area contributed by atoms with E-state index in [9.17, 15) is 9.59 Å². The minimum atomic E-state index is -0.540. The molecule has 1 N–H and O–H groups in total. The smallest absolute Gasteiger partial charge is 0.336 e. The molecule has 3 aromatic rings. The van der Waals surface area contributed by atoms with E-state index >= 15 is 0 Å². The van der Waals surface area contributed by atoms with E-state index in [2.05, 4.69) is 31.3 Å². The summed E-state index contributed by atoms with van der Waals surface area (Å²) < 4.78 is 15.9. The van der Waals surface area contributed by atoms with Crippen LogP contribution < -0.4 is 14.9 Å². The molecule has 0 unspecified atom stereocenters. The van der Waals surface area contributed by atoms with Gasteiger partial charge in [-0.05, 0) is 59.0 Å². The first-order valence-corrected chi connectivity index (χ1v) is 10.4. The van der Waals surface area contributed by atoms with E-state index in [1.54, 1.807) is 36.4 Å². The molecule has 1 amide bonds. The summed E-state index contributed by atoms with van der Waals surface area (Å²) in [5, 5.41) is 3.92. The van der Waals surface area contributed by atoms with Gasteiger partial charge in [0, 0.05) is 6.08 Å². The summed E-state index contributed by atoms with van der Waals surface area (Å²) in [5.41, 5.74) is 4.29. The van der Waals surface area contributed by atoms with Gasteiger partial charge in [-0.15, -0.1) is 0 Å². The van der Waals surface area contributed by atoms with E-state index < -0.39 is 11.9 Å². The average molecular weight is 447 g/mol. The molecule has 0 aliphatic rings. The Labute approximate surface area is 192 Å². The third-order valence-corrected chi connectivity index (χ3v) is 4.50. The minimum absolute atomic E-state index is 0.0525. The lowest BCUT2D eigenvalue weighted by Crippen LogP contribution is -2.24. The summed E-state index contributed by atoms with van der Waals surface area (Å²) in [6, 6.07) is 17.9. The number of ether oxygens (including phenoxy) is 2. The zero-order chi connectivity index (χ0) is 23.7. The number of benzene rings is 2. The van der Waals surface area contributed by atoms with Crippen LogP contribution in [-0.2, 0) is 15.0 Å². The van der Waals surface area contributed by atoms with Gasteiger partial charge in [0.15, 0.2) is 6.61 Å². The molecule has 0 atom stereocenters. The second kappa shape index (κ2) is 10.9. The molecule has 33 heavy (non-hydrogen) atoms. The number of amides is 1. The van der Waals surface area contributed by atoms with E-state index in [0.717, 1.165) is 0 Å². The molecular weight excluding hydrogens is 420 g/mol. The first-order valence-electron chi connectivity index (χ1n) is 10.4. The molecule has 1 heterocycles. The highest BCUT2D eigenvalue weighted by atomic mass is 16.5. The Morgan fingerprint density at radius 1 is 1.03 bits per heavy atom. The third kappa shape index (κ3) is 7.81. The summed E-state index contributed by atoms with van der Waals surface area (Å²) in [7, 11) is 0. The van der Waals surface area contributed by atoms with Crippen molar-refractivity contribution in [2.45, 2.75) is 26.2 Å². The number of esters is 1. The number of furan rings is 1. The fraction of sp³-hybridized carbons (Fsp3) is 0.192. The quantitative estimate of drug-likeness (QED) is 0.178. The standard InChI is InChI=1S/C26H26N2O5/c1-26(2,3)20-9-11-22(12-10-20)32-18-24(29)28-27-17-19-6-4-7-23(16-19)33-25(30)14-13-21-8-5-15-31-21/h4-17H,18H2,1-3H3,(H,28,29). The molecule has 0 aliphatic carbocycles. The van der Waals surface area contributed by atoms with Gasteiger partial charge in [-0.3, -0.25) is 4.79 Å². The number of hydrazone groups is 1. The molecule has 0 saturated heterocycles. The van der Waals surface area contributed by atoms with Crippen molar-refractivity contribution in [3.05, 3.63) is 89.9 Å². The molecule has 170 valence electrons. The topological polar surface area (TPSA) is 90.1 Å². The molecule has 2 aromatic carbocycles.